The van der Waals surface area contributed by atoms with E-state index in [0.717, 1.165) is 19.3 Å². The van der Waals surface area contributed by atoms with Crippen LogP contribution in [-0.2, 0) is 23.2 Å². The predicted octanol–water partition coefficient (Wildman–Crippen LogP) is 1.98. The van der Waals surface area contributed by atoms with Gasteiger partial charge in [0, 0.05) is 6.42 Å². The van der Waals surface area contributed by atoms with Crippen molar-refractivity contribution < 1.29 is 48.1 Å². The van der Waals surface area contributed by atoms with E-state index in [4.69, 9.17) is 30.6 Å². The number of amides is 1. The fourth-order valence-electron chi connectivity index (χ4n) is 7.75. The maximum Gasteiger partial charge on any atom is 0.340 e. The number of fused-ring (bicyclic) bond motifs is 1. The Morgan fingerprint density at radius 3 is 2.34 bits per heavy atom. The molecule has 5 aliphatic rings. The molecule has 4 aliphatic carbocycles. The lowest BCUT2D eigenvalue weighted by molar-refractivity contribution is -0.124. The van der Waals surface area contributed by atoms with E-state index in [0.29, 0.717) is 24.2 Å². The number of aliphatic hydroxyl groups excluding tert-OH is 2. The van der Waals surface area contributed by atoms with Crippen LogP contribution in [0, 0.1) is 23.2 Å². The Labute approximate surface area is 239 Å². The number of ether oxygens (including phenoxy) is 1. The van der Waals surface area contributed by atoms with Crippen molar-refractivity contribution in [3.63, 3.8) is 0 Å². The molecular formula is C23H32ClN5O10P2. The fraction of sp³-hybridized carbons (Fsp3) is 0.739. The number of hydrogen-bond acceptors (Lipinski definition) is 10. The number of halogens is 1. The summed E-state index contributed by atoms with van der Waals surface area (Å²) < 4.78 is 34.8. The zero-order valence-electron chi connectivity index (χ0n) is 21.8. The van der Waals surface area contributed by atoms with Crippen LogP contribution in [-0.4, -0.2) is 81.1 Å². The molecule has 6 N–H and O–H groups in total. The van der Waals surface area contributed by atoms with Crippen LogP contribution in [0.2, 0.25) is 5.28 Å². The molecule has 5 fully saturated rings. The molecule has 5 atom stereocenters. The second kappa shape index (κ2) is 10.6. The van der Waals surface area contributed by atoms with E-state index in [1.807, 2.05) is 0 Å². The van der Waals surface area contributed by atoms with Crippen LogP contribution in [0.25, 0.3) is 11.2 Å². The van der Waals surface area contributed by atoms with Crippen molar-refractivity contribution in [1.82, 2.24) is 19.5 Å². The number of imidazole rings is 1. The van der Waals surface area contributed by atoms with E-state index in [1.165, 1.54) is 30.2 Å². The molecule has 7 rings (SSSR count). The van der Waals surface area contributed by atoms with Crippen molar-refractivity contribution in [3.8, 4) is 0 Å². The molecule has 2 aromatic rings. The van der Waals surface area contributed by atoms with Crippen LogP contribution in [0.5, 0.6) is 0 Å². The zero-order valence-corrected chi connectivity index (χ0v) is 24.4. The Morgan fingerprint density at radius 1 is 1.10 bits per heavy atom. The molecule has 0 aromatic carbocycles. The highest BCUT2D eigenvalue weighted by Gasteiger charge is 2.51. The van der Waals surface area contributed by atoms with E-state index in [9.17, 15) is 29.0 Å². The number of carbonyl (C=O) groups is 1. The fourth-order valence-corrected chi connectivity index (χ4v) is 10.5. The molecule has 3 heterocycles. The monoisotopic (exact) mass is 635 g/mol. The van der Waals surface area contributed by atoms with Crippen molar-refractivity contribution in [2.45, 2.75) is 69.5 Å². The lowest BCUT2D eigenvalue weighted by atomic mass is 9.49. The molecule has 1 amide bonds. The maximum absolute atomic E-state index is 13.2. The second-order valence-corrected chi connectivity index (χ2v) is 16.4. The minimum atomic E-state index is -4.85. The van der Waals surface area contributed by atoms with Crippen LogP contribution in [0.15, 0.2) is 6.33 Å². The van der Waals surface area contributed by atoms with Crippen LogP contribution in [0.1, 0.15) is 51.2 Å². The van der Waals surface area contributed by atoms with Gasteiger partial charge in [-0.15, -0.1) is 0 Å². The Balaban J connectivity index is 1.17. The molecule has 41 heavy (non-hydrogen) atoms. The third-order valence-corrected chi connectivity index (χ3v) is 12.4. The third kappa shape index (κ3) is 6.12. The first-order chi connectivity index (χ1) is 19.2. The normalized spacial score (nSPS) is 36.1. The topological polar surface area (TPSA) is 226 Å². The van der Waals surface area contributed by atoms with Crippen LogP contribution < -0.4 is 5.32 Å². The highest BCUT2D eigenvalue weighted by atomic mass is 35.5. The van der Waals surface area contributed by atoms with Gasteiger partial charge in [-0.25, -0.2) is 4.98 Å². The molecule has 2 aromatic heterocycles. The standard InChI is InChI=1S/C23H32ClN5O10P2/c24-22-27-19(26-15(30)7-23-4-11-1-12(5-23)3-13(2-11)6-23)16-20(28-22)29(9-25-16)21-18(32)17(31)14(39-21)8-38-41(36,37)10-40(33,34)35/h9,11-14,17-18,21,31-32H,1-8,10H2,(H,36,37)(H2,33,34,35)(H,26,27,28,30). The SMILES string of the molecule is O=C(CC12CC3CC(CC(C3)C1)C2)Nc1nc(Cl)nc2c1ncn2C1OC(COP(=O)(O)CP(=O)(O)O)C(O)C1O. The van der Waals surface area contributed by atoms with E-state index in [2.05, 4.69) is 20.3 Å². The predicted molar refractivity (Wildman–Crippen MR) is 143 cm³/mol. The number of carbonyl (C=O) groups excluding carboxylic acids is 1. The quantitative estimate of drug-likeness (QED) is 0.171. The molecule has 0 spiro atoms. The van der Waals surface area contributed by atoms with Crippen molar-refractivity contribution >= 4 is 49.7 Å². The van der Waals surface area contributed by atoms with E-state index in [1.54, 1.807) is 0 Å². The van der Waals surface area contributed by atoms with E-state index in [-0.39, 0.29) is 33.6 Å². The number of nitrogens with one attached hydrogen (secondary N) is 1. The van der Waals surface area contributed by atoms with Crippen LogP contribution in [0.4, 0.5) is 5.82 Å². The van der Waals surface area contributed by atoms with Gasteiger partial charge in [-0.2, -0.15) is 9.97 Å². The largest absolute Gasteiger partial charge is 0.387 e. The van der Waals surface area contributed by atoms with Gasteiger partial charge in [-0.05, 0) is 73.3 Å². The maximum atomic E-state index is 13.2. The smallest absolute Gasteiger partial charge is 0.340 e. The molecule has 4 saturated carbocycles. The molecule has 15 nitrogen and oxygen atoms in total. The number of nitrogens with zero attached hydrogens (tertiary/aromatic N) is 4. The Morgan fingerprint density at radius 2 is 1.73 bits per heavy atom. The summed E-state index contributed by atoms with van der Waals surface area (Å²) in [6.45, 7) is -0.740. The summed E-state index contributed by atoms with van der Waals surface area (Å²) in [7, 11) is -9.57. The first-order valence-corrected chi connectivity index (χ1v) is 17.4. The summed E-state index contributed by atoms with van der Waals surface area (Å²) in [5, 5.41) is 23.8. The van der Waals surface area contributed by atoms with Crippen LogP contribution >= 0.6 is 26.8 Å². The lowest BCUT2D eigenvalue weighted by Gasteiger charge is -2.56. The minimum absolute atomic E-state index is 0.00692. The number of anilines is 1. The summed E-state index contributed by atoms with van der Waals surface area (Å²) in [4.78, 5) is 53.5. The van der Waals surface area contributed by atoms with Gasteiger partial charge in [0.05, 0.1) is 12.9 Å². The molecular weight excluding hydrogens is 604 g/mol. The van der Waals surface area contributed by atoms with Gasteiger partial charge in [0.1, 0.15) is 18.3 Å². The number of aromatic nitrogens is 4. The second-order valence-electron chi connectivity index (χ2n) is 12.1. The van der Waals surface area contributed by atoms with E-state index >= 15 is 0 Å². The van der Waals surface area contributed by atoms with Crippen LogP contribution in [0.3, 0.4) is 0 Å². The first-order valence-electron chi connectivity index (χ1n) is 13.4. The van der Waals surface area contributed by atoms with Gasteiger partial charge in [0.2, 0.25) is 11.2 Å². The summed E-state index contributed by atoms with van der Waals surface area (Å²) in [6.07, 6.45) is 2.87. The number of rotatable bonds is 9. The molecule has 5 unspecified atom stereocenters. The number of aliphatic hydroxyl groups is 2. The average molecular weight is 636 g/mol. The van der Waals surface area contributed by atoms with Gasteiger partial charge in [0.25, 0.3) is 0 Å². The molecule has 0 radical (unpaired) electrons. The highest BCUT2D eigenvalue weighted by molar-refractivity contribution is 7.70. The summed E-state index contributed by atoms with van der Waals surface area (Å²) in [5.41, 5.74) is 0.287. The Hall–Kier alpha value is -1.51. The molecule has 4 bridgehead atoms. The Bertz CT molecular complexity index is 1420. The van der Waals surface area contributed by atoms with Gasteiger partial charge in [0.15, 0.2) is 29.1 Å². The van der Waals surface area contributed by atoms with E-state index < -0.39 is 52.2 Å². The highest BCUT2D eigenvalue weighted by Crippen LogP contribution is 2.61. The van der Waals surface area contributed by atoms with Gasteiger partial charge < -0.3 is 39.5 Å². The average Bonchev–Trinajstić information content (AvgIpc) is 3.35. The van der Waals surface area contributed by atoms with Gasteiger partial charge in [-0.1, -0.05) is 0 Å². The first kappa shape index (κ1) is 29.6. The zero-order chi connectivity index (χ0) is 29.3. The van der Waals surface area contributed by atoms with Crippen molar-refractivity contribution in [1.29, 1.82) is 0 Å². The van der Waals surface area contributed by atoms with Gasteiger partial charge >= 0.3 is 15.2 Å². The minimum Gasteiger partial charge on any atom is -0.387 e. The molecule has 226 valence electrons. The van der Waals surface area contributed by atoms with Crippen molar-refractivity contribution in [2.75, 3.05) is 17.8 Å². The van der Waals surface area contributed by atoms with Crippen molar-refractivity contribution in [2.24, 2.45) is 23.2 Å². The van der Waals surface area contributed by atoms with Crippen molar-refractivity contribution in [3.05, 3.63) is 11.6 Å². The summed E-state index contributed by atoms with van der Waals surface area (Å²) in [5.74, 6) is 0.590. The third-order valence-electron chi connectivity index (χ3n) is 8.77. The van der Waals surface area contributed by atoms with Gasteiger partial charge in [-0.3, -0.25) is 18.5 Å². The number of hydrogen-bond donors (Lipinski definition) is 6. The molecule has 1 saturated heterocycles. The molecule has 18 heteroatoms. The summed E-state index contributed by atoms with van der Waals surface area (Å²) >= 11 is 6.18. The lowest BCUT2D eigenvalue weighted by Crippen LogP contribution is -2.47. The molecule has 1 aliphatic heterocycles. The Kier molecular flexibility index (Phi) is 7.63. The summed E-state index contributed by atoms with van der Waals surface area (Å²) in [6, 6.07) is 0.